The molecule has 20 heavy (non-hydrogen) atoms. The number of anilines is 1. The van der Waals surface area contributed by atoms with E-state index in [1.54, 1.807) is 6.07 Å². The third kappa shape index (κ3) is 3.02. The fourth-order valence-electron chi connectivity index (χ4n) is 1.83. The molecule has 0 spiro atoms. The van der Waals surface area contributed by atoms with Gasteiger partial charge in [0.2, 0.25) is 0 Å². The third-order valence-corrected chi connectivity index (χ3v) is 4.19. The highest BCUT2D eigenvalue weighted by Crippen LogP contribution is 2.21. The molecule has 4 nitrogen and oxygen atoms in total. The maximum Gasteiger partial charge on any atom is 0.267 e. The van der Waals surface area contributed by atoms with Gasteiger partial charge in [0.05, 0.1) is 10.7 Å². The van der Waals surface area contributed by atoms with Gasteiger partial charge in [0.1, 0.15) is 9.87 Å². The predicted octanol–water partition coefficient (Wildman–Crippen LogP) is 2.95. The molecule has 1 heterocycles. The van der Waals surface area contributed by atoms with Gasteiger partial charge < -0.3 is 11.1 Å². The van der Waals surface area contributed by atoms with Crippen LogP contribution in [0.5, 0.6) is 0 Å². The van der Waals surface area contributed by atoms with Gasteiger partial charge in [-0.1, -0.05) is 24.4 Å². The number of amides is 1. The fourth-order valence-corrected chi connectivity index (χ4v) is 2.77. The molecular weight excluding hydrogens is 290 g/mol. The summed E-state index contributed by atoms with van der Waals surface area (Å²) in [6, 6.07) is 5.52. The Bertz CT molecular complexity index is 692. The number of nitrogens with zero attached hydrogens (tertiary/aromatic N) is 1. The normalized spacial score (nSPS) is 10.3. The number of thiocarbonyl (C=S) groups is 1. The van der Waals surface area contributed by atoms with Gasteiger partial charge in [-0.15, -0.1) is 11.3 Å². The van der Waals surface area contributed by atoms with E-state index in [4.69, 9.17) is 18.0 Å². The lowest BCUT2D eigenvalue weighted by Gasteiger charge is -2.09. The summed E-state index contributed by atoms with van der Waals surface area (Å²) < 4.78 is 0. The molecule has 1 aromatic carbocycles. The molecule has 0 radical (unpaired) electrons. The van der Waals surface area contributed by atoms with Gasteiger partial charge in [-0.3, -0.25) is 4.79 Å². The summed E-state index contributed by atoms with van der Waals surface area (Å²) in [7, 11) is 0. The Morgan fingerprint density at radius 1 is 1.35 bits per heavy atom. The summed E-state index contributed by atoms with van der Waals surface area (Å²) in [6.45, 7) is 5.63. The number of rotatable bonds is 3. The lowest BCUT2D eigenvalue weighted by molar-refractivity contribution is 0.102. The van der Waals surface area contributed by atoms with Crippen molar-refractivity contribution in [1.29, 1.82) is 0 Å². The monoisotopic (exact) mass is 305 g/mol. The SMILES string of the molecule is Cc1nc(C)c(C(=O)Nc2cc(C(N)=S)ccc2C)s1. The molecule has 0 aliphatic rings. The summed E-state index contributed by atoms with van der Waals surface area (Å²) in [6.07, 6.45) is 0. The zero-order valence-corrected chi connectivity index (χ0v) is 13.1. The number of hydrogen-bond acceptors (Lipinski definition) is 4. The van der Waals surface area contributed by atoms with E-state index in [2.05, 4.69) is 10.3 Å². The van der Waals surface area contributed by atoms with E-state index in [1.807, 2.05) is 32.9 Å². The van der Waals surface area contributed by atoms with Crippen LogP contribution in [0.1, 0.15) is 31.5 Å². The first-order valence-electron chi connectivity index (χ1n) is 6.04. The molecule has 3 N–H and O–H groups in total. The third-order valence-electron chi connectivity index (χ3n) is 2.88. The largest absolute Gasteiger partial charge is 0.389 e. The first-order chi connectivity index (χ1) is 9.38. The zero-order chi connectivity index (χ0) is 14.9. The van der Waals surface area contributed by atoms with Gasteiger partial charge in [-0.2, -0.15) is 0 Å². The highest BCUT2D eigenvalue weighted by atomic mass is 32.1. The number of carbonyl (C=O) groups is 1. The van der Waals surface area contributed by atoms with Gasteiger partial charge >= 0.3 is 0 Å². The van der Waals surface area contributed by atoms with E-state index in [-0.39, 0.29) is 5.91 Å². The predicted molar refractivity (Wildman–Crippen MR) is 86.6 cm³/mol. The van der Waals surface area contributed by atoms with Crippen molar-refractivity contribution >= 4 is 40.1 Å². The molecule has 0 saturated carbocycles. The number of aromatic nitrogens is 1. The van der Waals surface area contributed by atoms with Crippen molar-refractivity contribution in [1.82, 2.24) is 4.98 Å². The molecule has 0 atom stereocenters. The molecule has 2 rings (SSSR count). The van der Waals surface area contributed by atoms with E-state index in [1.165, 1.54) is 11.3 Å². The van der Waals surface area contributed by atoms with Crippen LogP contribution in [-0.2, 0) is 0 Å². The molecule has 1 amide bonds. The smallest absolute Gasteiger partial charge is 0.267 e. The van der Waals surface area contributed by atoms with Crippen LogP contribution in [-0.4, -0.2) is 15.9 Å². The topological polar surface area (TPSA) is 68.0 Å². The van der Waals surface area contributed by atoms with Gasteiger partial charge in [-0.25, -0.2) is 4.98 Å². The van der Waals surface area contributed by atoms with E-state index < -0.39 is 0 Å². The maximum atomic E-state index is 12.3. The van der Waals surface area contributed by atoms with Crippen molar-refractivity contribution in [3.63, 3.8) is 0 Å². The minimum atomic E-state index is -0.156. The first kappa shape index (κ1) is 14.6. The molecular formula is C14H15N3OS2. The van der Waals surface area contributed by atoms with Crippen molar-refractivity contribution < 1.29 is 4.79 Å². The summed E-state index contributed by atoms with van der Waals surface area (Å²) >= 11 is 6.34. The highest BCUT2D eigenvalue weighted by molar-refractivity contribution is 7.80. The first-order valence-corrected chi connectivity index (χ1v) is 7.27. The Hall–Kier alpha value is -1.79. The van der Waals surface area contributed by atoms with Crippen LogP contribution in [0.25, 0.3) is 0 Å². The van der Waals surface area contributed by atoms with Crippen LogP contribution >= 0.6 is 23.6 Å². The average Bonchev–Trinajstić information content (AvgIpc) is 2.71. The number of nitrogens with two attached hydrogens (primary N) is 1. The van der Waals surface area contributed by atoms with Gasteiger partial charge in [0.25, 0.3) is 5.91 Å². The van der Waals surface area contributed by atoms with E-state index >= 15 is 0 Å². The van der Waals surface area contributed by atoms with Gasteiger partial charge in [-0.05, 0) is 32.4 Å². The Kier molecular flexibility index (Phi) is 4.15. The molecule has 2 aromatic rings. The second-order valence-electron chi connectivity index (χ2n) is 4.50. The van der Waals surface area contributed by atoms with Crippen LogP contribution in [0, 0.1) is 20.8 Å². The maximum absolute atomic E-state index is 12.3. The van der Waals surface area contributed by atoms with Crippen LogP contribution in [0.2, 0.25) is 0 Å². The second-order valence-corrected chi connectivity index (χ2v) is 6.14. The Morgan fingerprint density at radius 2 is 2.05 bits per heavy atom. The van der Waals surface area contributed by atoms with Crippen LogP contribution < -0.4 is 11.1 Å². The highest BCUT2D eigenvalue weighted by Gasteiger charge is 2.15. The number of thiazole rings is 1. The standard InChI is InChI=1S/C14H15N3OS2/c1-7-4-5-10(13(15)19)6-11(7)17-14(18)12-8(2)16-9(3)20-12/h4-6H,1-3H3,(H2,15,19)(H,17,18). The van der Waals surface area contributed by atoms with E-state index in [0.29, 0.717) is 15.6 Å². The lowest BCUT2D eigenvalue weighted by atomic mass is 10.1. The quantitative estimate of drug-likeness (QED) is 0.856. The summed E-state index contributed by atoms with van der Waals surface area (Å²) in [5.74, 6) is -0.156. The lowest BCUT2D eigenvalue weighted by Crippen LogP contribution is -2.14. The Labute approximate surface area is 127 Å². The van der Waals surface area contributed by atoms with Gasteiger partial charge in [0, 0.05) is 11.3 Å². The summed E-state index contributed by atoms with van der Waals surface area (Å²) in [4.78, 5) is 17.5. The van der Waals surface area contributed by atoms with Crippen molar-refractivity contribution in [2.24, 2.45) is 5.73 Å². The van der Waals surface area contributed by atoms with Crippen LogP contribution in [0.3, 0.4) is 0 Å². The molecule has 0 unspecified atom stereocenters. The van der Waals surface area contributed by atoms with Crippen molar-refractivity contribution in [3.8, 4) is 0 Å². The number of benzene rings is 1. The fraction of sp³-hybridized carbons (Fsp3) is 0.214. The van der Waals surface area contributed by atoms with Crippen molar-refractivity contribution in [2.75, 3.05) is 5.32 Å². The van der Waals surface area contributed by atoms with Gasteiger partial charge in [0.15, 0.2) is 0 Å². The number of hydrogen-bond donors (Lipinski definition) is 2. The summed E-state index contributed by atoms with van der Waals surface area (Å²) in [5, 5.41) is 3.77. The molecule has 6 heteroatoms. The zero-order valence-electron chi connectivity index (χ0n) is 11.5. The van der Waals surface area contributed by atoms with Crippen molar-refractivity contribution in [3.05, 3.63) is 44.9 Å². The molecule has 0 fully saturated rings. The molecule has 0 aliphatic carbocycles. The molecule has 0 saturated heterocycles. The van der Waals surface area contributed by atoms with Crippen LogP contribution in [0.15, 0.2) is 18.2 Å². The minimum Gasteiger partial charge on any atom is -0.389 e. The number of aryl methyl sites for hydroxylation is 3. The minimum absolute atomic E-state index is 0.156. The average molecular weight is 305 g/mol. The molecule has 0 bridgehead atoms. The summed E-state index contributed by atoms with van der Waals surface area (Å²) in [5.41, 5.74) is 8.76. The second kappa shape index (κ2) is 5.68. The van der Waals surface area contributed by atoms with E-state index in [0.717, 1.165) is 21.8 Å². The molecule has 0 aliphatic heterocycles. The number of carbonyl (C=O) groups excluding carboxylic acids is 1. The molecule has 1 aromatic heterocycles. The number of nitrogens with one attached hydrogen (secondary N) is 1. The van der Waals surface area contributed by atoms with E-state index in [9.17, 15) is 4.79 Å². The van der Waals surface area contributed by atoms with Crippen molar-refractivity contribution in [2.45, 2.75) is 20.8 Å². The molecule has 104 valence electrons. The van der Waals surface area contributed by atoms with Crippen LogP contribution in [0.4, 0.5) is 5.69 Å². The Morgan fingerprint density at radius 3 is 2.60 bits per heavy atom. The Balaban J connectivity index is 2.30.